The van der Waals surface area contributed by atoms with Crippen molar-refractivity contribution in [2.75, 3.05) is 0 Å². The number of aromatic amines is 1. The van der Waals surface area contributed by atoms with Crippen molar-refractivity contribution in [1.82, 2.24) is 15.3 Å². The summed E-state index contributed by atoms with van der Waals surface area (Å²) in [6.07, 6.45) is 4.14. The number of hydrogen-bond acceptors (Lipinski definition) is 4. The van der Waals surface area contributed by atoms with Crippen LogP contribution in [0.25, 0.3) is 10.2 Å². The number of halogens is 1. The third kappa shape index (κ3) is 3.17. The smallest absolute Gasteiger partial charge is 0.405 e. The largest absolute Gasteiger partial charge is 0.465 e. The van der Waals surface area contributed by atoms with Gasteiger partial charge in [-0.1, -0.05) is 19.3 Å². The van der Waals surface area contributed by atoms with Gasteiger partial charge < -0.3 is 15.4 Å². The highest BCUT2D eigenvalue weighted by molar-refractivity contribution is 9.11. The number of rotatable bonds is 3. The Morgan fingerprint density at radius 1 is 1.45 bits per heavy atom. The fourth-order valence-corrected chi connectivity index (χ4v) is 4.51. The molecule has 0 saturated heterocycles. The van der Waals surface area contributed by atoms with Crippen LogP contribution in [0.3, 0.4) is 0 Å². The minimum atomic E-state index is -1.09. The van der Waals surface area contributed by atoms with Gasteiger partial charge in [-0.2, -0.15) is 0 Å². The number of thiophene rings is 1. The van der Waals surface area contributed by atoms with E-state index in [1.165, 1.54) is 17.8 Å². The quantitative estimate of drug-likeness (QED) is 0.751. The number of carbonyl (C=O) groups is 1. The molecule has 22 heavy (non-hydrogen) atoms. The topological polar surface area (TPSA) is 95.1 Å². The third-order valence-electron chi connectivity index (χ3n) is 4.07. The summed E-state index contributed by atoms with van der Waals surface area (Å²) in [4.78, 5) is 30.6. The van der Waals surface area contributed by atoms with Crippen molar-refractivity contribution in [1.29, 1.82) is 0 Å². The van der Waals surface area contributed by atoms with E-state index in [4.69, 9.17) is 5.11 Å². The Balaban J connectivity index is 2.02. The van der Waals surface area contributed by atoms with E-state index in [2.05, 4.69) is 31.2 Å². The lowest BCUT2D eigenvalue weighted by atomic mass is 9.83. The van der Waals surface area contributed by atoms with E-state index in [0.29, 0.717) is 16.0 Å². The van der Waals surface area contributed by atoms with Gasteiger partial charge in [0.05, 0.1) is 15.3 Å². The van der Waals surface area contributed by atoms with E-state index in [0.717, 1.165) is 29.5 Å². The van der Waals surface area contributed by atoms with Gasteiger partial charge in [-0.3, -0.25) is 4.79 Å². The number of aromatic nitrogens is 2. The Hall–Kier alpha value is -1.41. The molecule has 1 atom stereocenters. The van der Waals surface area contributed by atoms with E-state index in [1.54, 1.807) is 6.07 Å². The van der Waals surface area contributed by atoms with Crippen LogP contribution < -0.4 is 10.9 Å². The van der Waals surface area contributed by atoms with Crippen molar-refractivity contribution in [3.8, 4) is 0 Å². The van der Waals surface area contributed by atoms with Gasteiger partial charge in [-0.15, -0.1) is 11.3 Å². The Labute approximate surface area is 139 Å². The summed E-state index contributed by atoms with van der Waals surface area (Å²) in [6.45, 7) is 0. The van der Waals surface area contributed by atoms with Gasteiger partial charge in [0.25, 0.3) is 5.56 Å². The molecule has 1 saturated carbocycles. The lowest BCUT2D eigenvalue weighted by Gasteiger charge is -2.29. The molecule has 6 nitrogen and oxygen atoms in total. The van der Waals surface area contributed by atoms with Crippen LogP contribution in [-0.2, 0) is 0 Å². The van der Waals surface area contributed by atoms with Gasteiger partial charge in [0.2, 0.25) is 0 Å². The lowest BCUT2D eigenvalue weighted by molar-refractivity contribution is 0.177. The van der Waals surface area contributed by atoms with Gasteiger partial charge in [-0.25, -0.2) is 9.78 Å². The molecule has 1 amide bonds. The van der Waals surface area contributed by atoms with E-state index < -0.39 is 12.1 Å². The van der Waals surface area contributed by atoms with Crippen LogP contribution in [0.1, 0.15) is 44.0 Å². The zero-order valence-corrected chi connectivity index (χ0v) is 14.2. The standard InChI is InChI=1S/C14H16BrN3O3S/c15-9-6-8-11(22-9)13(19)18-12(16-8)10(17-14(20)21)7-4-2-1-3-5-7/h6-7,10,17H,1-5H2,(H,20,21)(H,16,18,19). The summed E-state index contributed by atoms with van der Waals surface area (Å²) in [5, 5.41) is 11.7. The number of carboxylic acid groups (broad SMARTS) is 1. The second-order valence-corrected chi connectivity index (χ2v) is 7.97. The molecule has 0 spiro atoms. The number of amides is 1. The van der Waals surface area contributed by atoms with Crippen molar-refractivity contribution < 1.29 is 9.90 Å². The summed E-state index contributed by atoms with van der Waals surface area (Å²) in [5.41, 5.74) is 0.382. The SMILES string of the molecule is O=C(O)NC(c1nc2cc(Br)sc2c(=O)[nH]1)C1CCCCC1. The normalized spacial score (nSPS) is 17.5. The fourth-order valence-electron chi connectivity index (χ4n) is 3.09. The Morgan fingerprint density at radius 2 is 2.18 bits per heavy atom. The summed E-state index contributed by atoms with van der Waals surface area (Å²) in [6, 6.07) is 1.32. The number of fused-ring (bicyclic) bond motifs is 1. The molecule has 2 aromatic heterocycles. The Bertz CT molecular complexity index is 751. The van der Waals surface area contributed by atoms with Crippen molar-refractivity contribution >= 4 is 43.6 Å². The minimum Gasteiger partial charge on any atom is -0.465 e. The van der Waals surface area contributed by atoms with Crippen LogP contribution >= 0.6 is 27.3 Å². The molecule has 0 radical (unpaired) electrons. The molecule has 0 aromatic carbocycles. The number of hydrogen-bond donors (Lipinski definition) is 3. The second kappa shape index (κ2) is 6.37. The van der Waals surface area contributed by atoms with Crippen LogP contribution in [0.15, 0.2) is 14.6 Å². The lowest BCUT2D eigenvalue weighted by Crippen LogP contribution is -2.35. The molecule has 3 rings (SSSR count). The predicted molar refractivity (Wildman–Crippen MR) is 88.4 cm³/mol. The summed E-state index contributed by atoms with van der Waals surface area (Å²) < 4.78 is 1.38. The summed E-state index contributed by atoms with van der Waals surface area (Å²) >= 11 is 4.68. The van der Waals surface area contributed by atoms with Gasteiger partial charge in [0.15, 0.2) is 0 Å². The van der Waals surface area contributed by atoms with Crippen molar-refractivity contribution in [3.05, 3.63) is 26.0 Å². The average molecular weight is 386 g/mol. The maximum absolute atomic E-state index is 12.2. The molecule has 1 fully saturated rings. The first-order chi connectivity index (χ1) is 10.5. The van der Waals surface area contributed by atoms with Gasteiger partial charge >= 0.3 is 6.09 Å². The predicted octanol–water partition coefficient (Wildman–Crippen LogP) is 3.64. The molecule has 3 N–H and O–H groups in total. The molecule has 2 aromatic rings. The van der Waals surface area contributed by atoms with E-state index in [9.17, 15) is 9.59 Å². The van der Waals surface area contributed by atoms with E-state index >= 15 is 0 Å². The Kier molecular flexibility index (Phi) is 4.49. The zero-order valence-electron chi connectivity index (χ0n) is 11.8. The summed E-state index contributed by atoms with van der Waals surface area (Å²) in [7, 11) is 0. The van der Waals surface area contributed by atoms with E-state index in [-0.39, 0.29) is 11.5 Å². The summed E-state index contributed by atoms with van der Waals surface area (Å²) in [5.74, 6) is 0.588. The number of H-pyrrole nitrogens is 1. The molecule has 2 heterocycles. The van der Waals surface area contributed by atoms with Crippen molar-refractivity contribution in [2.24, 2.45) is 5.92 Å². The molecular weight excluding hydrogens is 370 g/mol. The molecule has 0 aliphatic heterocycles. The highest BCUT2D eigenvalue weighted by Gasteiger charge is 2.29. The molecule has 0 bridgehead atoms. The highest BCUT2D eigenvalue weighted by atomic mass is 79.9. The highest BCUT2D eigenvalue weighted by Crippen LogP contribution is 2.34. The molecule has 1 aliphatic rings. The first-order valence-corrected chi connectivity index (χ1v) is 8.84. The van der Waals surface area contributed by atoms with Crippen molar-refractivity contribution in [2.45, 2.75) is 38.1 Å². The zero-order chi connectivity index (χ0) is 15.7. The van der Waals surface area contributed by atoms with Crippen LogP contribution in [-0.4, -0.2) is 21.2 Å². The first-order valence-electron chi connectivity index (χ1n) is 7.23. The molecule has 8 heteroatoms. The number of nitrogens with one attached hydrogen (secondary N) is 2. The second-order valence-electron chi connectivity index (χ2n) is 5.54. The van der Waals surface area contributed by atoms with Crippen LogP contribution in [0.5, 0.6) is 0 Å². The van der Waals surface area contributed by atoms with Crippen LogP contribution in [0.2, 0.25) is 0 Å². The van der Waals surface area contributed by atoms with Crippen molar-refractivity contribution in [3.63, 3.8) is 0 Å². The van der Waals surface area contributed by atoms with Gasteiger partial charge in [0.1, 0.15) is 10.5 Å². The van der Waals surface area contributed by atoms with Gasteiger partial charge in [-0.05, 0) is 40.8 Å². The Morgan fingerprint density at radius 3 is 2.86 bits per heavy atom. The number of nitrogens with zero attached hydrogens (tertiary/aromatic N) is 1. The fraction of sp³-hybridized carbons (Fsp3) is 0.500. The van der Waals surface area contributed by atoms with Crippen LogP contribution in [0, 0.1) is 5.92 Å². The average Bonchev–Trinajstić information content (AvgIpc) is 2.86. The third-order valence-corrected chi connectivity index (χ3v) is 5.69. The minimum absolute atomic E-state index is 0.174. The molecule has 1 aliphatic carbocycles. The maximum Gasteiger partial charge on any atom is 0.405 e. The maximum atomic E-state index is 12.2. The van der Waals surface area contributed by atoms with Crippen LogP contribution in [0.4, 0.5) is 4.79 Å². The first kappa shape index (κ1) is 15.5. The van der Waals surface area contributed by atoms with E-state index in [1.807, 2.05) is 0 Å². The molecule has 118 valence electrons. The molecular formula is C14H16BrN3O3S. The molecule has 1 unspecified atom stereocenters. The van der Waals surface area contributed by atoms with Gasteiger partial charge in [0, 0.05) is 0 Å². The monoisotopic (exact) mass is 385 g/mol.